The molecule has 41 heteroatoms. The van der Waals surface area contributed by atoms with Gasteiger partial charge in [0.1, 0.15) is 64.2 Å². The van der Waals surface area contributed by atoms with Crippen molar-refractivity contribution in [2.75, 3.05) is 76.5 Å². The van der Waals surface area contributed by atoms with Crippen molar-refractivity contribution in [2.24, 2.45) is 0 Å². The molecule has 3 aromatic heterocycles. The standard InChI is InChI=1S/2C19H18F5N5O4.C19H19F4N5O4/c1-27-17(31)16-10-7-28(3-2-14(10)26-29(16)6-9(8-30)33-27)18(32)25-15-4-11(19(22,23)24)12(20)5-13(15)21;1-27-17(31)16-10-7-28(5-4-12(10)26-29(16)6-9(8-30)33-27)18(32)25-13-3-2-11(20)14(15(13)21)19(22,23)24;1-26-17(30)16-12-8-27(5-4-14(12)25-28(16)7-11(9-29)32-26)18(31)24-15-6-10(19(21,22)23)2-3-13(15)20/h4-5,9,30H,2-3,6-8H2,1H3,(H,25,32);2-3,9,30H,4-8H2,1H3,(H,25,32);2-3,6,11,29H,4-5,7-9H2,1H3,(H,24,31)/t2*9-;11-/m000/s1. The number of nitrogens with zero attached hydrogens (tertiary/aromatic N) is 12. The van der Waals surface area contributed by atoms with Crippen LogP contribution in [-0.4, -0.2) is 189 Å². The molecular formula is C57H55F14N15O12. The molecule has 0 unspecified atom stereocenters. The summed E-state index contributed by atoms with van der Waals surface area (Å²) in [5, 5.41) is 50.5. The molecule has 0 saturated heterocycles. The zero-order valence-electron chi connectivity index (χ0n) is 51.1. The van der Waals surface area contributed by atoms with E-state index >= 15 is 0 Å². The van der Waals surface area contributed by atoms with E-state index < -0.39 is 135 Å². The molecular weight excluding hydrogens is 1350 g/mol. The zero-order valence-corrected chi connectivity index (χ0v) is 51.1. The summed E-state index contributed by atoms with van der Waals surface area (Å²) in [6.45, 7) is -0.732. The number of fused-ring (bicyclic) bond motifs is 9. The number of carbonyl (C=O) groups is 6. The first-order chi connectivity index (χ1) is 46.1. The van der Waals surface area contributed by atoms with Gasteiger partial charge in [0.05, 0.1) is 104 Å². The van der Waals surface area contributed by atoms with E-state index in [1.54, 1.807) is 0 Å². The molecule has 6 aromatic rings. The fraction of sp³-hybridized carbons (Fsp3) is 0.421. The molecule has 0 saturated carbocycles. The van der Waals surface area contributed by atoms with Crippen LogP contribution in [0.4, 0.5) is 92.9 Å². The molecule has 0 radical (unpaired) electrons. The maximum atomic E-state index is 14.3. The lowest BCUT2D eigenvalue weighted by molar-refractivity contribution is -0.159. The lowest BCUT2D eigenvalue weighted by atomic mass is 10.0. The Balaban J connectivity index is 0.000000159. The highest BCUT2D eigenvalue weighted by Crippen LogP contribution is 2.39. The fourth-order valence-corrected chi connectivity index (χ4v) is 11.3. The monoisotopic (exact) mass is 1410 g/mol. The number of urea groups is 3. The van der Waals surface area contributed by atoms with Gasteiger partial charge in [0.25, 0.3) is 17.7 Å². The summed E-state index contributed by atoms with van der Waals surface area (Å²) >= 11 is 0. The van der Waals surface area contributed by atoms with E-state index in [1.807, 2.05) is 10.6 Å². The van der Waals surface area contributed by atoms with Crippen LogP contribution in [0.15, 0.2) is 42.5 Å². The van der Waals surface area contributed by atoms with Crippen LogP contribution in [0.2, 0.25) is 0 Å². The van der Waals surface area contributed by atoms with Crippen molar-refractivity contribution in [3.8, 4) is 0 Å². The average Bonchev–Trinajstić information content (AvgIpc) is 1.61. The Labute approximate surface area is 542 Å². The third-order valence-electron chi connectivity index (χ3n) is 16.0. The molecule has 528 valence electrons. The number of alkyl halides is 9. The Morgan fingerprint density at radius 2 is 0.847 bits per heavy atom. The Morgan fingerprint density at radius 3 is 1.20 bits per heavy atom. The quantitative estimate of drug-likeness (QED) is 0.0997. The first kappa shape index (κ1) is 71.1. The molecule has 9 heterocycles. The number of rotatable bonds is 6. The Morgan fingerprint density at radius 1 is 0.480 bits per heavy atom. The Kier molecular flexibility index (Phi) is 20.1. The number of aromatic nitrogens is 6. The summed E-state index contributed by atoms with van der Waals surface area (Å²) in [6.07, 6.45) is -16.4. The SMILES string of the molecule is CN1O[C@H](CO)Cn2nc3c(c2C1=O)CN(C(=O)Nc1cc(C(F)(F)F)c(F)cc1F)CC3.CN1O[C@H](CO)Cn2nc3c(c2C1=O)CN(C(=O)Nc1cc(C(F)(F)F)ccc1F)CC3.CN1O[C@H](CO)Cn2nc3c(c2C1=O)CN(C(=O)Nc1ccc(F)c(C(F)(F)F)c1F)CC3. The van der Waals surface area contributed by atoms with Gasteiger partial charge in [0.2, 0.25) is 0 Å². The number of hydrogen-bond donors (Lipinski definition) is 6. The predicted octanol–water partition coefficient (Wildman–Crippen LogP) is 6.31. The van der Waals surface area contributed by atoms with Crippen LogP contribution in [0.25, 0.3) is 0 Å². The number of nitrogens with one attached hydrogen (secondary N) is 3. The maximum Gasteiger partial charge on any atom is 0.422 e. The third kappa shape index (κ3) is 14.6. The normalized spacial score (nSPS) is 18.7. The largest absolute Gasteiger partial charge is 0.422 e. The second kappa shape index (κ2) is 27.7. The molecule has 0 bridgehead atoms. The predicted molar refractivity (Wildman–Crippen MR) is 302 cm³/mol. The van der Waals surface area contributed by atoms with E-state index in [1.165, 1.54) is 49.9 Å². The van der Waals surface area contributed by atoms with Crippen molar-refractivity contribution in [1.29, 1.82) is 0 Å². The van der Waals surface area contributed by atoms with Crippen LogP contribution in [0, 0.1) is 29.1 Å². The van der Waals surface area contributed by atoms with Crippen LogP contribution in [0.5, 0.6) is 0 Å². The summed E-state index contributed by atoms with van der Waals surface area (Å²) in [4.78, 5) is 95.9. The zero-order chi connectivity index (χ0) is 71.4. The van der Waals surface area contributed by atoms with Gasteiger partial charge in [0, 0.05) is 82.8 Å². The minimum absolute atomic E-state index is 0.0520. The van der Waals surface area contributed by atoms with Crippen LogP contribution in [-0.2, 0) is 91.6 Å². The summed E-state index contributed by atoms with van der Waals surface area (Å²) in [7, 11) is 4.12. The second-order valence-corrected chi connectivity index (χ2v) is 22.6. The lowest BCUT2D eigenvalue weighted by Gasteiger charge is -2.27. The van der Waals surface area contributed by atoms with Crippen molar-refractivity contribution >= 4 is 52.9 Å². The first-order valence-corrected chi connectivity index (χ1v) is 29.2. The number of aliphatic hydroxyl groups excluding tert-OH is 3. The number of halogens is 14. The van der Waals surface area contributed by atoms with Crippen molar-refractivity contribution in [3.63, 3.8) is 0 Å². The summed E-state index contributed by atoms with van der Waals surface area (Å²) in [5.41, 5.74) is -3.72. The molecule has 6 N–H and O–H groups in total. The summed E-state index contributed by atoms with van der Waals surface area (Å²) < 4.78 is 190. The number of amides is 9. The number of hydrogen-bond acceptors (Lipinski definition) is 15. The number of benzene rings is 3. The van der Waals surface area contributed by atoms with Gasteiger partial charge in [0.15, 0.2) is 5.82 Å². The molecule has 0 fully saturated rings. The van der Waals surface area contributed by atoms with Gasteiger partial charge in [-0.15, -0.1) is 0 Å². The van der Waals surface area contributed by atoms with Crippen molar-refractivity contribution in [3.05, 3.63) is 139 Å². The minimum atomic E-state index is -5.29. The Hall–Kier alpha value is -9.71. The smallest absolute Gasteiger partial charge is 0.393 e. The van der Waals surface area contributed by atoms with Crippen LogP contribution < -0.4 is 16.0 Å². The number of aliphatic hydroxyl groups is 3. The number of hydroxylamine groups is 6. The van der Waals surface area contributed by atoms with Gasteiger partial charge in [-0.25, -0.2) is 51.5 Å². The summed E-state index contributed by atoms with van der Waals surface area (Å²) in [6, 6.07) is 0.429. The Bertz CT molecular complexity index is 4020. The van der Waals surface area contributed by atoms with E-state index in [2.05, 4.69) is 20.6 Å². The van der Waals surface area contributed by atoms with Crippen molar-refractivity contribution in [1.82, 2.24) is 59.2 Å². The molecule has 3 atom stereocenters. The molecule has 6 aliphatic heterocycles. The van der Waals surface area contributed by atoms with Crippen molar-refractivity contribution < 1.29 is 120 Å². The van der Waals surface area contributed by atoms with Gasteiger partial charge in [-0.3, -0.25) is 42.9 Å². The molecule has 0 spiro atoms. The maximum absolute atomic E-state index is 14.3. The highest BCUT2D eigenvalue weighted by molar-refractivity contribution is 5.97. The van der Waals surface area contributed by atoms with E-state index in [-0.39, 0.29) is 127 Å². The van der Waals surface area contributed by atoms with E-state index in [9.17, 15) is 106 Å². The lowest BCUT2D eigenvalue weighted by Crippen LogP contribution is -2.40. The third-order valence-corrected chi connectivity index (χ3v) is 16.0. The molecule has 9 amide bonds. The molecule has 12 rings (SSSR count). The molecule has 6 aliphatic rings. The van der Waals surface area contributed by atoms with Crippen LogP contribution in [0.3, 0.4) is 0 Å². The molecule has 0 aliphatic carbocycles. The first-order valence-electron chi connectivity index (χ1n) is 29.2. The highest BCUT2D eigenvalue weighted by atomic mass is 19.4. The van der Waals surface area contributed by atoms with E-state index in [0.29, 0.717) is 64.1 Å². The van der Waals surface area contributed by atoms with Gasteiger partial charge in [-0.2, -0.15) is 54.8 Å². The summed E-state index contributed by atoms with van der Waals surface area (Å²) in [5.74, 6) is -9.52. The number of anilines is 3. The topological polar surface area (TPSA) is 300 Å². The molecule has 98 heavy (non-hydrogen) atoms. The molecule has 27 nitrogen and oxygen atoms in total. The minimum Gasteiger partial charge on any atom is -0.393 e. The number of carbonyl (C=O) groups excluding carboxylic acids is 6. The van der Waals surface area contributed by atoms with Crippen LogP contribution in [0.1, 0.15) is 81.9 Å². The van der Waals surface area contributed by atoms with Gasteiger partial charge in [-0.05, 0) is 36.4 Å². The molecule has 3 aromatic carbocycles. The fourth-order valence-electron chi connectivity index (χ4n) is 11.3. The van der Waals surface area contributed by atoms with Crippen molar-refractivity contribution in [2.45, 2.75) is 95.4 Å². The van der Waals surface area contributed by atoms with Crippen LogP contribution >= 0.6 is 0 Å². The van der Waals surface area contributed by atoms with Gasteiger partial charge >= 0.3 is 36.6 Å². The van der Waals surface area contributed by atoms with E-state index in [4.69, 9.17) is 14.5 Å². The van der Waals surface area contributed by atoms with Gasteiger partial charge in [-0.1, -0.05) is 0 Å². The van der Waals surface area contributed by atoms with Gasteiger partial charge < -0.3 is 46.0 Å². The highest BCUT2D eigenvalue weighted by Gasteiger charge is 2.43. The van der Waals surface area contributed by atoms with E-state index in [0.717, 1.165) is 15.2 Å². The second-order valence-electron chi connectivity index (χ2n) is 22.6. The average molecular weight is 1410 g/mol.